The van der Waals surface area contributed by atoms with Crippen molar-refractivity contribution in [3.05, 3.63) is 70.3 Å². The summed E-state index contributed by atoms with van der Waals surface area (Å²) in [7, 11) is 0. The van der Waals surface area contributed by atoms with E-state index in [0.29, 0.717) is 12.1 Å². The van der Waals surface area contributed by atoms with Gasteiger partial charge in [-0.1, -0.05) is 24.3 Å². The highest BCUT2D eigenvalue weighted by molar-refractivity contribution is 5.95. The number of piperidine rings is 1. The molecular weight excluding hydrogens is 454 g/mol. The smallest absolute Gasteiger partial charge is 0.416 e. The quantitative estimate of drug-likeness (QED) is 0.594. The summed E-state index contributed by atoms with van der Waals surface area (Å²) < 4.78 is 78.9. The maximum absolute atomic E-state index is 13.1. The molecule has 0 radical (unpaired) electrons. The summed E-state index contributed by atoms with van der Waals surface area (Å²) >= 11 is 0. The number of alkyl halides is 6. The molecule has 2 unspecified atom stereocenters. The molecule has 178 valence electrons. The van der Waals surface area contributed by atoms with Gasteiger partial charge in [-0.25, -0.2) is 4.79 Å². The molecular formula is C22H20F6N2O3. The number of nitrogens with zero attached hydrogens (tertiary/aromatic N) is 1. The molecule has 0 aliphatic carbocycles. The third-order valence-electron chi connectivity index (χ3n) is 5.64. The molecule has 1 aliphatic heterocycles. The lowest BCUT2D eigenvalue weighted by atomic mass is 9.83. The number of hydrogen-bond acceptors (Lipinski definition) is 2. The monoisotopic (exact) mass is 474 g/mol. The zero-order chi connectivity index (χ0) is 24.6. The first-order valence-corrected chi connectivity index (χ1v) is 9.91. The van der Waals surface area contributed by atoms with Gasteiger partial charge in [0.05, 0.1) is 11.1 Å². The number of likely N-dealkylation sites (tertiary alicyclic amines) is 1. The Bertz CT molecular complexity index is 1020. The Morgan fingerprint density at radius 1 is 1.00 bits per heavy atom. The summed E-state index contributed by atoms with van der Waals surface area (Å²) in [4.78, 5) is 25.4. The Labute approximate surface area is 185 Å². The van der Waals surface area contributed by atoms with E-state index >= 15 is 0 Å². The molecule has 0 spiro atoms. The van der Waals surface area contributed by atoms with Gasteiger partial charge in [-0.2, -0.15) is 26.3 Å². The van der Waals surface area contributed by atoms with Crippen molar-refractivity contribution in [2.75, 3.05) is 13.1 Å². The number of amides is 2. The standard InChI is InChI=1S/C22H20F6N2O3/c1-12-4-2-3-5-16(12)17-11-30(20(32)33)7-6-18(17)29-19(31)13-8-14(21(23,24)25)10-15(9-13)22(26,27)28/h2-5,8-10,17-18H,6-7,11H2,1H3,(H,29,31)(H,32,33). The molecule has 5 nitrogen and oxygen atoms in total. The van der Waals surface area contributed by atoms with Gasteiger partial charge in [0, 0.05) is 30.6 Å². The number of halogens is 6. The van der Waals surface area contributed by atoms with Crippen molar-refractivity contribution in [1.82, 2.24) is 10.2 Å². The number of hydrogen-bond donors (Lipinski definition) is 2. The Hall–Kier alpha value is -3.24. The fraction of sp³-hybridized carbons (Fsp3) is 0.364. The van der Waals surface area contributed by atoms with E-state index in [9.17, 15) is 41.0 Å². The highest BCUT2D eigenvalue weighted by atomic mass is 19.4. The molecule has 1 aliphatic rings. The fourth-order valence-corrected chi connectivity index (χ4v) is 3.95. The van der Waals surface area contributed by atoms with Crippen LogP contribution in [0.25, 0.3) is 0 Å². The van der Waals surface area contributed by atoms with Crippen LogP contribution in [-0.2, 0) is 12.4 Å². The van der Waals surface area contributed by atoms with E-state index in [1.54, 1.807) is 31.2 Å². The van der Waals surface area contributed by atoms with Gasteiger partial charge >= 0.3 is 18.4 Å². The lowest BCUT2D eigenvalue weighted by Gasteiger charge is -2.38. The number of rotatable bonds is 3. The maximum Gasteiger partial charge on any atom is 0.416 e. The molecule has 1 fully saturated rings. The second-order valence-electron chi connectivity index (χ2n) is 7.85. The summed E-state index contributed by atoms with van der Waals surface area (Å²) in [6.45, 7) is 1.86. The lowest BCUT2D eigenvalue weighted by molar-refractivity contribution is -0.143. The van der Waals surface area contributed by atoms with Crippen LogP contribution in [-0.4, -0.2) is 41.1 Å². The Morgan fingerprint density at radius 2 is 1.58 bits per heavy atom. The summed E-state index contributed by atoms with van der Waals surface area (Å²) in [6, 6.07) is 7.04. The summed E-state index contributed by atoms with van der Waals surface area (Å²) in [5.41, 5.74) is -2.40. The molecule has 0 saturated carbocycles. The van der Waals surface area contributed by atoms with Gasteiger partial charge in [0.15, 0.2) is 0 Å². The van der Waals surface area contributed by atoms with Gasteiger partial charge in [0.2, 0.25) is 0 Å². The molecule has 11 heteroatoms. The van der Waals surface area contributed by atoms with Gasteiger partial charge in [0.25, 0.3) is 5.91 Å². The molecule has 1 heterocycles. The fourth-order valence-electron chi connectivity index (χ4n) is 3.95. The van der Waals surface area contributed by atoms with Crippen LogP contribution < -0.4 is 5.32 Å². The molecule has 0 bridgehead atoms. The zero-order valence-corrected chi connectivity index (χ0v) is 17.3. The van der Waals surface area contributed by atoms with Gasteiger partial charge in [-0.05, 0) is 42.7 Å². The van der Waals surface area contributed by atoms with Crippen molar-refractivity contribution >= 4 is 12.0 Å². The van der Waals surface area contributed by atoms with Crippen molar-refractivity contribution in [3.63, 3.8) is 0 Å². The normalized spacial score (nSPS) is 19.3. The van der Waals surface area contributed by atoms with Crippen molar-refractivity contribution < 1.29 is 41.0 Å². The molecule has 2 aromatic carbocycles. The van der Waals surface area contributed by atoms with Crippen molar-refractivity contribution in [3.8, 4) is 0 Å². The Morgan fingerprint density at radius 3 is 2.09 bits per heavy atom. The van der Waals surface area contributed by atoms with Crippen LogP contribution in [0.1, 0.15) is 45.0 Å². The van der Waals surface area contributed by atoms with E-state index in [1.165, 1.54) is 0 Å². The molecule has 1 saturated heterocycles. The average Bonchev–Trinajstić information content (AvgIpc) is 2.72. The van der Waals surface area contributed by atoms with E-state index in [4.69, 9.17) is 0 Å². The zero-order valence-electron chi connectivity index (χ0n) is 17.3. The average molecular weight is 474 g/mol. The largest absolute Gasteiger partial charge is 0.465 e. The highest BCUT2D eigenvalue weighted by Crippen LogP contribution is 2.37. The first-order valence-electron chi connectivity index (χ1n) is 9.91. The van der Waals surface area contributed by atoms with E-state index < -0.39 is 53.0 Å². The molecule has 2 atom stereocenters. The maximum atomic E-state index is 13.1. The third kappa shape index (κ3) is 5.58. The Kier molecular flexibility index (Phi) is 6.62. The first-order chi connectivity index (χ1) is 15.3. The van der Waals surface area contributed by atoms with Crippen LogP contribution in [0.5, 0.6) is 0 Å². The summed E-state index contributed by atoms with van der Waals surface area (Å²) in [5.74, 6) is -1.63. The Balaban J connectivity index is 1.95. The van der Waals surface area contributed by atoms with Crippen molar-refractivity contribution in [2.24, 2.45) is 0 Å². The van der Waals surface area contributed by atoms with Gasteiger partial charge < -0.3 is 15.3 Å². The molecule has 2 aromatic rings. The van der Waals surface area contributed by atoms with E-state index in [1.807, 2.05) is 0 Å². The first kappa shape index (κ1) is 24.4. The second kappa shape index (κ2) is 8.95. The van der Waals surface area contributed by atoms with E-state index in [2.05, 4.69) is 5.32 Å². The number of nitrogens with one attached hydrogen (secondary N) is 1. The molecule has 0 aromatic heterocycles. The predicted octanol–water partition coefficient (Wildman–Crippen LogP) is 5.30. The van der Waals surface area contributed by atoms with Crippen LogP contribution >= 0.6 is 0 Å². The minimum atomic E-state index is -5.08. The van der Waals surface area contributed by atoms with E-state index in [0.717, 1.165) is 16.0 Å². The molecule has 2 N–H and O–H groups in total. The number of aryl methyl sites for hydroxylation is 1. The number of carboxylic acid groups (broad SMARTS) is 1. The molecule has 3 rings (SSSR count). The van der Waals surface area contributed by atoms with Crippen molar-refractivity contribution in [1.29, 1.82) is 0 Å². The lowest BCUT2D eigenvalue weighted by Crippen LogP contribution is -2.51. The topological polar surface area (TPSA) is 69.6 Å². The van der Waals surface area contributed by atoms with E-state index in [-0.39, 0.29) is 25.6 Å². The third-order valence-corrected chi connectivity index (χ3v) is 5.64. The number of carbonyl (C=O) groups is 2. The van der Waals surface area contributed by atoms with Gasteiger partial charge in [-0.3, -0.25) is 4.79 Å². The van der Waals surface area contributed by atoms with Crippen LogP contribution in [0.3, 0.4) is 0 Å². The highest BCUT2D eigenvalue weighted by Gasteiger charge is 2.39. The summed E-state index contributed by atoms with van der Waals surface area (Å²) in [6.07, 6.45) is -11.2. The predicted molar refractivity (Wildman–Crippen MR) is 106 cm³/mol. The minimum absolute atomic E-state index is 0.0154. The number of benzene rings is 2. The van der Waals surface area contributed by atoms with Crippen molar-refractivity contribution in [2.45, 2.75) is 37.7 Å². The van der Waals surface area contributed by atoms with Crippen LogP contribution in [0.15, 0.2) is 42.5 Å². The van der Waals surface area contributed by atoms with Crippen LogP contribution in [0.4, 0.5) is 31.1 Å². The molecule has 2 amide bonds. The minimum Gasteiger partial charge on any atom is -0.465 e. The second-order valence-corrected chi connectivity index (χ2v) is 7.85. The SMILES string of the molecule is Cc1ccccc1C1CN(C(=O)O)CCC1NC(=O)c1cc(C(F)(F)F)cc(C(F)(F)F)c1. The van der Waals surface area contributed by atoms with Gasteiger partial charge in [0.1, 0.15) is 0 Å². The van der Waals surface area contributed by atoms with Gasteiger partial charge in [-0.15, -0.1) is 0 Å². The van der Waals surface area contributed by atoms with Crippen LogP contribution in [0, 0.1) is 6.92 Å². The molecule has 33 heavy (non-hydrogen) atoms. The summed E-state index contributed by atoms with van der Waals surface area (Å²) in [5, 5.41) is 11.9. The number of carbonyl (C=O) groups excluding carboxylic acids is 1. The van der Waals surface area contributed by atoms with Crippen LogP contribution in [0.2, 0.25) is 0 Å².